The van der Waals surface area contributed by atoms with Crippen molar-refractivity contribution in [2.75, 3.05) is 17.3 Å². The molecule has 7 heteroatoms. The van der Waals surface area contributed by atoms with E-state index in [1.54, 1.807) is 30.3 Å². The molecule has 5 nitrogen and oxygen atoms in total. The maximum Gasteiger partial charge on any atom is 0.283 e. The number of rotatable bonds is 4. The lowest BCUT2D eigenvalue weighted by Crippen LogP contribution is -2.33. The average Bonchev–Trinajstić information content (AvgIpc) is 2.81. The van der Waals surface area contributed by atoms with E-state index in [-0.39, 0.29) is 10.7 Å². The van der Waals surface area contributed by atoms with Crippen LogP contribution in [-0.2, 0) is 9.59 Å². The normalized spacial score (nSPS) is 14.3. The summed E-state index contributed by atoms with van der Waals surface area (Å²) in [5.41, 5.74) is 2.87. The molecule has 0 unspecified atom stereocenters. The maximum atomic E-state index is 12.8. The Hall–Kier alpha value is -2.50. The molecule has 0 atom stereocenters. The van der Waals surface area contributed by atoms with Crippen molar-refractivity contribution < 1.29 is 14.3 Å². The highest BCUT2D eigenvalue weighted by molar-refractivity contribution is 6.53. The molecule has 1 aliphatic rings. The fourth-order valence-electron chi connectivity index (χ4n) is 2.70. The molecular weight excluding hydrogens is 375 g/mol. The lowest BCUT2D eigenvalue weighted by molar-refractivity contribution is -0.120. The summed E-state index contributed by atoms with van der Waals surface area (Å²) in [4.78, 5) is 26.5. The van der Waals surface area contributed by atoms with Crippen LogP contribution in [0.2, 0.25) is 5.02 Å². The number of carbonyl (C=O) groups is 2. The molecule has 1 N–H and O–H groups in total. The minimum Gasteiger partial charge on any atom is -0.495 e. The number of carbonyl (C=O) groups excluding carboxylic acids is 2. The van der Waals surface area contributed by atoms with Crippen LogP contribution in [0.1, 0.15) is 11.1 Å². The molecule has 2 aromatic rings. The molecule has 0 fully saturated rings. The number of hydrogen-bond acceptors (Lipinski definition) is 4. The van der Waals surface area contributed by atoms with Crippen molar-refractivity contribution in [2.24, 2.45) is 0 Å². The van der Waals surface area contributed by atoms with E-state index in [1.807, 2.05) is 19.9 Å². The minimum atomic E-state index is -0.563. The van der Waals surface area contributed by atoms with Gasteiger partial charge in [0.25, 0.3) is 11.8 Å². The van der Waals surface area contributed by atoms with Crippen LogP contribution in [0.3, 0.4) is 0 Å². The fraction of sp³-hybridized carbons (Fsp3) is 0.158. The second-order valence-corrected chi connectivity index (χ2v) is 6.61. The number of methoxy groups -OCH3 is 1. The second kappa shape index (κ2) is 7.02. The summed E-state index contributed by atoms with van der Waals surface area (Å²) in [7, 11) is 1.51. The summed E-state index contributed by atoms with van der Waals surface area (Å²) >= 11 is 12.3. The Kier molecular flexibility index (Phi) is 4.94. The van der Waals surface area contributed by atoms with E-state index < -0.39 is 11.8 Å². The van der Waals surface area contributed by atoms with Crippen LogP contribution in [-0.4, -0.2) is 18.9 Å². The second-order valence-electron chi connectivity index (χ2n) is 5.83. The van der Waals surface area contributed by atoms with Gasteiger partial charge in [0, 0.05) is 5.69 Å². The zero-order valence-electron chi connectivity index (χ0n) is 14.4. The van der Waals surface area contributed by atoms with Gasteiger partial charge in [-0.25, -0.2) is 4.90 Å². The number of hydrogen-bond donors (Lipinski definition) is 1. The minimum absolute atomic E-state index is 0.0128. The number of anilines is 2. The summed E-state index contributed by atoms with van der Waals surface area (Å²) < 4.78 is 5.10. The van der Waals surface area contributed by atoms with Gasteiger partial charge in [-0.05, 0) is 49.2 Å². The zero-order valence-corrected chi connectivity index (χ0v) is 15.9. The molecular formula is C19H16Cl2N2O3. The zero-order chi connectivity index (χ0) is 19.0. The Morgan fingerprint density at radius 3 is 2.42 bits per heavy atom. The van der Waals surface area contributed by atoms with E-state index in [9.17, 15) is 9.59 Å². The Morgan fingerprint density at radius 1 is 1.04 bits per heavy atom. The van der Waals surface area contributed by atoms with Crippen LogP contribution < -0.4 is 15.0 Å². The molecule has 1 heterocycles. The molecule has 1 aliphatic heterocycles. The number of nitrogens with one attached hydrogen (secondary N) is 1. The van der Waals surface area contributed by atoms with Gasteiger partial charge in [0.15, 0.2) is 0 Å². The first-order valence-electron chi connectivity index (χ1n) is 7.80. The van der Waals surface area contributed by atoms with Crippen LogP contribution in [0.5, 0.6) is 5.75 Å². The molecule has 0 saturated heterocycles. The highest BCUT2D eigenvalue weighted by atomic mass is 35.5. The van der Waals surface area contributed by atoms with Crippen molar-refractivity contribution in [3.05, 3.63) is 63.3 Å². The SMILES string of the molecule is COc1ccc(NC2=C(Cl)C(=O)N(c3cccc(C)c3C)C2=O)cc1Cl. The van der Waals surface area contributed by atoms with Gasteiger partial charge in [-0.15, -0.1) is 0 Å². The highest BCUT2D eigenvalue weighted by Gasteiger charge is 2.39. The molecule has 134 valence electrons. The molecule has 0 bridgehead atoms. The molecule has 2 aromatic carbocycles. The van der Waals surface area contributed by atoms with Crippen LogP contribution >= 0.6 is 23.2 Å². The average molecular weight is 391 g/mol. The summed E-state index contributed by atoms with van der Waals surface area (Å²) in [6, 6.07) is 10.4. The van der Waals surface area contributed by atoms with E-state index in [0.717, 1.165) is 16.0 Å². The number of halogens is 2. The first-order valence-corrected chi connectivity index (χ1v) is 8.56. The smallest absolute Gasteiger partial charge is 0.283 e. The van der Waals surface area contributed by atoms with Crippen molar-refractivity contribution in [2.45, 2.75) is 13.8 Å². The Bertz CT molecular complexity index is 954. The van der Waals surface area contributed by atoms with Crippen LogP contribution in [0.25, 0.3) is 0 Å². The Morgan fingerprint density at radius 2 is 1.77 bits per heavy atom. The van der Waals surface area contributed by atoms with Gasteiger partial charge < -0.3 is 10.1 Å². The van der Waals surface area contributed by atoms with E-state index >= 15 is 0 Å². The monoisotopic (exact) mass is 390 g/mol. The van der Waals surface area contributed by atoms with Crippen molar-refractivity contribution in [1.29, 1.82) is 0 Å². The van der Waals surface area contributed by atoms with E-state index in [2.05, 4.69) is 5.32 Å². The maximum absolute atomic E-state index is 12.8. The van der Waals surface area contributed by atoms with Crippen LogP contribution in [0.15, 0.2) is 47.1 Å². The molecule has 0 radical (unpaired) electrons. The Balaban J connectivity index is 1.94. The molecule has 0 aromatic heterocycles. The molecule has 0 saturated carbocycles. The fourth-order valence-corrected chi connectivity index (χ4v) is 3.17. The molecule has 0 aliphatic carbocycles. The van der Waals surface area contributed by atoms with Crippen LogP contribution in [0.4, 0.5) is 11.4 Å². The number of ether oxygens (including phenoxy) is 1. The van der Waals surface area contributed by atoms with Crippen LogP contribution in [0, 0.1) is 13.8 Å². The third-order valence-electron chi connectivity index (χ3n) is 4.27. The first kappa shape index (κ1) is 18.3. The summed E-state index contributed by atoms with van der Waals surface area (Å²) in [5.74, 6) is -0.573. The predicted molar refractivity (Wildman–Crippen MR) is 103 cm³/mol. The molecule has 26 heavy (non-hydrogen) atoms. The first-order chi connectivity index (χ1) is 12.3. The number of amides is 2. The van der Waals surface area contributed by atoms with Crippen molar-refractivity contribution in [3.63, 3.8) is 0 Å². The van der Waals surface area contributed by atoms with E-state index in [4.69, 9.17) is 27.9 Å². The van der Waals surface area contributed by atoms with E-state index in [1.165, 1.54) is 7.11 Å². The number of imide groups is 1. The summed E-state index contributed by atoms with van der Waals surface area (Å²) in [5, 5.41) is 3.10. The van der Waals surface area contributed by atoms with Crippen molar-refractivity contribution in [3.8, 4) is 5.75 Å². The number of aryl methyl sites for hydroxylation is 1. The molecule has 0 spiro atoms. The topological polar surface area (TPSA) is 58.6 Å². The number of nitrogens with zero attached hydrogens (tertiary/aromatic N) is 1. The third-order valence-corrected chi connectivity index (χ3v) is 4.91. The largest absolute Gasteiger partial charge is 0.495 e. The van der Waals surface area contributed by atoms with Gasteiger partial charge in [-0.2, -0.15) is 0 Å². The standard InChI is InChI=1S/C19H16Cl2N2O3/c1-10-5-4-6-14(11(10)2)23-18(24)16(21)17(19(23)25)22-12-7-8-15(26-3)13(20)9-12/h4-9,22H,1-3H3. The summed E-state index contributed by atoms with van der Waals surface area (Å²) in [6.07, 6.45) is 0. The molecule has 2 amide bonds. The van der Waals surface area contributed by atoms with Gasteiger partial charge >= 0.3 is 0 Å². The highest BCUT2D eigenvalue weighted by Crippen LogP contribution is 2.34. The van der Waals surface area contributed by atoms with Crippen molar-refractivity contribution in [1.82, 2.24) is 0 Å². The van der Waals surface area contributed by atoms with Gasteiger partial charge in [-0.1, -0.05) is 35.3 Å². The van der Waals surface area contributed by atoms with E-state index in [0.29, 0.717) is 22.1 Å². The Labute approximate surface area is 161 Å². The molecule has 3 rings (SSSR count). The van der Waals surface area contributed by atoms with Gasteiger partial charge in [0.05, 0.1) is 17.8 Å². The lowest BCUT2D eigenvalue weighted by atomic mass is 10.1. The van der Waals surface area contributed by atoms with Crippen molar-refractivity contribution >= 4 is 46.4 Å². The predicted octanol–water partition coefficient (Wildman–Crippen LogP) is 4.40. The lowest BCUT2D eigenvalue weighted by Gasteiger charge is -2.18. The van der Waals surface area contributed by atoms with Gasteiger partial charge in [0.2, 0.25) is 0 Å². The third kappa shape index (κ3) is 3.04. The summed E-state index contributed by atoms with van der Waals surface area (Å²) in [6.45, 7) is 3.77. The number of benzene rings is 2. The van der Waals surface area contributed by atoms with Gasteiger partial charge in [-0.3, -0.25) is 9.59 Å². The quantitative estimate of drug-likeness (QED) is 0.785. The van der Waals surface area contributed by atoms with Gasteiger partial charge in [0.1, 0.15) is 16.5 Å².